The van der Waals surface area contributed by atoms with Crippen LogP contribution in [0.25, 0.3) is 0 Å². The van der Waals surface area contributed by atoms with Gasteiger partial charge < -0.3 is 14.5 Å². The van der Waals surface area contributed by atoms with Gasteiger partial charge in [-0.3, -0.25) is 9.48 Å². The summed E-state index contributed by atoms with van der Waals surface area (Å²) in [6.45, 7) is 2.41. The van der Waals surface area contributed by atoms with Crippen LogP contribution >= 0.6 is 0 Å². The fourth-order valence-corrected chi connectivity index (χ4v) is 2.05. The van der Waals surface area contributed by atoms with Gasteiger partial charge in [-0.1, -0.05) is 18.2 Å². The average Bonchev–Trinajstić information content (AvgIpc) is 3.20. The Kier molecular flexibility index (Phi) is 4.37. The molecule has 0 aliphatic carbocycles. The quantitative estimate of drug-likeness (QED) is 0.756. The van der Waals surface area contributed by atoms with E-state index in [1.54, 1.807) is 23.1 Å². The molecule has 7 nitrogen and oxygen atoms in total. The number of para-hydroxylation sites is 1. The van der Waals surface area contributed by atoms with Crippen molar-refractivity contribution in [1.82, 2.24) is 20.1 Å². The molecule has 0 spiro atoms. The van der Waals surface area contributed by atoms with Gasteiger partial charge in [0.2, 0.25) is 0 Å². The molecular formula is C16H16N4O3. The number of furan rings is 1. The van der Waals surface area contributed by atoms with Gasteiger partial charge in [-0.15, -0.1) is 0 Å². The van der Waals surface area contributed by atoms with E-state index in [1.165, 1.54) is 6.33 Å². The predicted octanol–water partition coefficient (Wildman–Crippen LogP) is 2.48. The predicted molar refractivity (Wildman–Crippen MR) is 82.2 cm³/mol. The number of hydrogen-bond acceptors (Lipinski definition) is 5. The number of carbonyl (C=O) groups is 1. The fraction of sp³-hybridized carbons (Fsp3) is 0.188. The highest BCUT2D eigenvalue weighted by Crippen LogP contribution is 2.23. The van der Waals surface area contributed by atoms with Gasteiger partial charge in [0.1, 0.15) is 18.4 Å². The van der Waals surface area contributed by atoms with Crippen molar-refractivity contribution in [2.24, 2.45) is 0 Å². The van der Waals surface area contributed by atoms with Crippen molar-refractivity contribution in [1.29, 1.82) is 0 Å². The molecule has 0 saturated carbocycles. The van der Waals surface area contributed by atoms with Gasteiger partial charge in [0.25, 0.3) is 11.9 Å². The number of rotatable bonds is 6. The molecule has 0 fully saturated rings. The van der Waals surface area contributed by atoms with E-state index in [-0.39, 0.29) is 23.7 Å². The minimum Gasteiger partial charge on any atom is -0.426 e. The van der Waals surface area contributed by atoms with Crippen LogP contribution < -0.4 is 10.1 Å². The minimum atomic E-state index is -0.305. The number of hydrogen-bond donors (Lipinski definition) is 1. The molecule has 3 aromatic rings. The van der Waals surface area contributed by atoms with Crippen LogP contribution in [0, 0.1) is 0 Å². The Morgan fingerprint density at radius 2 is 2.13 bits per heavy atom. The molecule has 0 saturated heterocycles. The Morgan fingerprint density at radius 1 is 1.30 bits per heavy atom. The van der Waals surface area contributed by atoms with Gasteiger partial charge in [-0.25, -0.2) is 4.98 Å². The van der Waals surface area contributed by atoms with Crippen LogP contribution in [0.5, 0.6) is 11.7 Å². The van der Waals surface area contributed by atoms with Gasteiger partial charge in [0.15, 0.2) is 5.76 Å². The van der Waals surface area contributed by atoms with Crippen LogP contribution in [0.2, 0.25) is 0 Å². The van der Waals surface area contributed by atoms with E-state index in [2.05, 4.69) is 15.4 Å². The van der Waals surface area contributed by atoms with Crippen molar-refractivity contribution in [3.8, 4) is 11.7 Å². The van der Waals surface area contributed by atoms with Crippen molar-refractivity contribution in [3.05, 3.63) is 60.9 Å². The lowest BCUT2D eigenvalue weighted by atomic mass is 10.3. The maximum atomic E-state index is 12.1. The van der Waals surface area contributed by atoms with E-state index in [9.17, 15) is 4.79 Å². The third-order valence-corrected chi connectivity index (χ3v) is 3.07. The molecule has 2 heterocycles. The Hall–Kier alpha value is -3.09. The molecule has 0 aliphatic rings. The molecule has 7 heteroatoms. The molecule has 1 atom stereocenters. The van der Waals surface area contributed by atoms with Gasteiger partial charge in [-0.2, -0.15) is 5.10 Å². The Morgan fingerprint density at radius 3 is 2.87 bits per heavy atom. The van der Waals surface area contributed by atoms with Gasteiger partial charge >= 0.3 is 0 Å². The third kappa shape index (κ3) is 3.97. The summed E-state index contributed by atoms with van der Waals surface area (Å²) in [6.07, 6.45) is 3.05. The SMILES string of the molecule is C[C@@H](Cn1cncn1)NC(=O)c1ccc(Oc2ccccc2)o1. The normalized spacial score (nSPS) is 11.9. The largest absolute Gasteiger partial charge is 0.426 e. The van der Waals surface area contributed by atoms with Crippen LogP contribution in [-0.2, 0) is 6.54 Å². The first kappa shape index (κ1) is 14.8. The fourth-order valence-electron chi connectivity index (χ4n) is 2.05. The number of carbonyl (C=O) groups excluding carboxylic acids is 1. The van der Waals surface area contributed by atoms with Crippen LogP contribution in [0.4, 0.5) is 0 Å². The van der Waals surface area contributed by atoms with Crippen molar-refractivity contribution in [2.75, 3.05) is 0 Å². The first-order valence-electron chi connectivity index (χ1n) is 7.17. The summed E-state index contributed by atoms with van der Waals surface area (Å²) in [5, 5.41) is 6.83. The standard InChI is InChI=1S/C16H16N4O3/c1-12(9-20-11-17-10-18-20)19-16(21)14-7-8-15(23-14)22-13-5-3-2-4-6-13/h2-8,10-12H,9H2,1H3,(H,19,21)/t12-/m0/s1. The Balaban J connectivity index is 1.57. The molecule has 0 radical (unpaired) electrons. The van der Waals surface area contributed by atoms with Crippen molar-refractivity contribution >= 4 is 5.91 Å². The Bertz CT molecular complexity index is 753. The summed E-state index contributed by atoms with van der Waals surface area (Å²) in [5.74, 6) is 0.806. The first-order valence-corrected chi connectivity index (χ1v) is 7.17. The van der Waals surface area contributed by atoms with E-state index in [1.807, 2.05) is 37.3 Å². The number of nitrogens with one attached hydrogen (secondary N) is 1. The van der Waals surface area contributed by atoms with Gasteiger partial charge in [-0.05, 0) is 25.1 Å². The number of benzene rings is 1. The zero-order valence-electron chi connectivity index (χ0n) is 12.5. The van der Waals surface area contributed by atoms with Gasteiger partial charge in [0, 0.05) is 12.1 Å². The summed E-state index contributed by atoms with van der Waals surface area (Å²) in [4.78, 5) is 16.0. The van der Waals surface area contributed by atoms with E-state index in [0.717, 1.165) is 0 Å². The molecule has 0 aliphatic heterocycles. The molecule has 0 unspecified atom stereocenters. The zero-order chi connectivity index (χ0) is 16.1. The lowest BCUT2D eigenvalue weighted by molar-refractivity contribution is 0.0903. The summed E-state index contributed by atoms with van der Waals surface area (Å²) in [5.41, 5.74) is 0. The highest BCUT2D eigenvalue weighted by atomic mass is 16.6. The number of nitrogens with zero attached hydrogens (tertiary/aromatic N) is 3. The highest BCUT2D eigenvalue weighted by Gasteiger charge is 2.15. The van der Waals surface area contributed by atoms with Crippen molar-refractivity contribution in [3.63, 3.8) is 0 Å². The second kappa shape index (κ2) is 6.78. The topological polar surface area (TPSA) is 82.2 Å². The molecule has 1 amide bonds. The number of aromatic nitrogens is 3. The first-order chi connectivity index (χ1) is 11.2. The maximum absolute atomic E-state index is 12.1. The molecule has 23 heavy (non-hydrogen) atoms. The van der Waals surface area contributed by atoms with Crippen LogP contribution in [-0.4, -0.2) is 26.7 Å². The van der Waals surface area contributed by atoms with Crippen LogP contribution in [0.15, 0.2) is 59.5 Å². The number of ether oxygens (including phenoxy) is 1. The molecule has 1 N–H and O–H groups in total. The minimum absolute atomic E-state index is 0.118. The second-order valence-electron chi connectivity index (χ2n) is 5.03. The molecule has 2 aromatic heterocycles. The number of amides is 1. The average molecular weight is 312 g/mol. The summed E-state index contributed by atoms with van der Waals surface area (Å²) < 4.78 is 12.6. The lowest BCUT2D eigenvalue weighted by Crippen LogP contribution is -2.35. The van der Waals surface area contributed by atoms with E-state index >= 15 is 0 Å². The highest BCUT2D eigenvalue weighted by molar-refractivity contribution is 5.91. The monoisotopic (exact) mass is 312 g/mol. The summed E-state index contributed by atoms with van der Waals surface area (Å²) in [6, 6.07) is 12.3. The molecular weight excluding hydrogens is 296 g/mol. The maximum Gasteiger partial charge on any atom is 0.290 e. The van der Waals surface area contributed by atoms with Gasteiger partial charge in [0.05, 0.1) is 6.54 Å². The van der Waals surface area contributed by atoms with E-state index in [0.29, 0.717) is 12.3 Å². The van der Waals surface area contributed by atoms with E-state index < -0.39 is 0 Å². The summed E-state index contributed by atoms with van der Waals surface area (Å²) in [7, 11) is 0. The van der Waals surface area contributed by atoms with Crippen molar-refractivity contribution < 1.29 is 13.9 Å². The molecule has 118 valence electrons. The van der Waals surface area contributed by atoms with Crippen molar-refractivity contribution in [2.45, 2.75) is 19.5 Å². The molecule has 1 aromatic carbocycles. The zero-order valence-corrected chi connectivity index (χ0v) is 12.5. The third-order valence-electron chi connectivity index (χ3n) is 3.07. The molecule has 0 bridgehead atoms. The summed E-state index contributed by atoms with van der Waals surface area (Å²) >= 11 is 0. The second-order valence-corrected chi connectivity index (χ2v) is 5.03. The Labute approximate surface area is 132 Å². The van der Waals surface area contributed by atoms with Crippen LogP contribution in [0.3, 0.4) is 0 Å². The smallest absolute Gasteiger partial charge is 0.290 e. The lowest BCUT2D eigenvalue weighted by Gasteiger charge is -2.12. The van der Waals surface area contributed by atoms with Crippen LogP contribution in [0.1, 0.15) is 17.5 Å². The molecule has 3 rings (SSSR count). The van der Waals surface area contributed by atoms with E-state index in [4.69, 9.17) is 9.15 Å².